The molecule has 0 N–H and O–H groups in total. The van der Waals surface area contributed by atoms with Crippen molar-refractivity contribution >= 4 is 15.9 Å². The summed E-state index contributed by atoms with van der Waals surface area (Å²) < 4.78 is 46.2. The number of amides is 1. The van der Waals surface area contributed by atoms with Crippen LogP contribution in [0.2, 0.25) is 0 Å². The molecule has 2 aliphatic heterocycles. The van der Waals surface area contributed by atoms with Crippen LogP contribution in [0.15, 0.2) is 29.2 Å². The number of rotatable bonds is 3. The molecule has 2 heterocycles. The second-order valence-corrected chi connectivity index (χ2v) is 7.85. The number of morpholine rings is 1. The van der Waals surface area contributed by atoms with Gasteiger partial charge in [-0.15, -0.1) is 0 Å². The molecule has 0 saturated carbocycles. The van der Waals surface area contributed by atoms with E-state index in [4.69, 9.17) is 4.74 Å². The summed E-state index contributed by atoms with van der Waals surface area (Å²) in [6, 6.07) is 4.53. The monoisotopic (exact) mass is 356 g/mol. The van der Waals surface area contributed by atoms with Crippen molar-refractivity contribution in [1.29, 1.82) is 0 Å². The number of piperidine rings is 1. The first-order valence-electron chi connectivity index (χ1n) is 8.15. The van der Waals surface area contributed by atoms with Gasteiger partial charge in [-0.05, 0) is 25.0 Å². The van der Waals surface area contributed by atoms with E-state index in [9.17, 15) is 17.6 Å². The molecule has 0 aromatic heterocycles. The molecular formula is C16H21FN2O4S. The van der Waals surface area contributed by atoms with E-state index >= 15 is 0 Å². The van der Waals surface area contributed by atoms with Gasteiger partial charge in [-0.25, -0.2) is 12.8 Å². The first-order valence-corrected chi connectivity index (χ1v) is 9.59. The standard InChI is InChI=1S/C16H21FN2O4S/c17-13-5-1-2-7-15(13)24(21,22)19-8-4-3-6-14(19)16(20)18-9-11-23-12-10-18/h1-2,5,7,14H,3-4,6,8-12H2. The summed E-state index contributed by atoms with van der Waals surface area (Å²) in [5, 5.41) is 0. The largest absolute Gasteiger partial charge is 0.378 e. The highest BCUT2D eigenvalue weighted by atomic mass is 32.2. The van der Waals surface area contributed by atoms with Crippen LogP contribution in [0, 0.1) is 5.82 Å². The zero-order valence-corrected chi connectivity index (χ0v) is 14.2. The average molecular weight is 356 g/mol. The van der Waals surface area contributed by atoms with Gasteiger partial charge in [0.2, 0.25) is 15.9 Å². The Bertz CT molecular complexity index is 704. The van der Waals surface area contributed by atoms with E-state index in [-0.39, 0.29) is 17.3 Å². The minimum atomic E-state index is -4.05. The summed E-state index contributed by atoms with van der Waals surface area (Å²) in [6.45, 7) is 2.07. The Hall–Kier alpha value is -1.51. The number of hydrogen-bond acceptors (Lipinski definition) is 4. The maximum Gasteiger partial charge on any atom is 0.246 e. The van der Waals surface area contributed by atoms with Crippen molar-refractivity contribution in [2.45, 2.75) is 30.2 Å². The molecule has 2 aliphatic rings. The fraction of sp³-hybridized carbons (Fsp3) is 0.562. The Labute approximate surface area is 141 Å². The summed E-state index contributed by atoms with van der Waals surface area (Å²) in [6.07, 6.45) is 1.91. The van der Waals surface area contributed by atoms with Crippen molar-refractivity contribution in [1.82, 2.24) is 9.21 Å². The Morgan fingerprint density at radius 1 is 1.12 bits per heavy atom. The van der Waals surface area contributed by atoms with Crippen molar-refractivity contribution in [3.63, 3.8) is 0 Å². The Morgan fingerprint density at radius 2 is 1.83 bits per heavy atom. The SMILES string of the molecule is O=C(C1CCCCN1S(=O)(=O)c1ccccc1F)N1CCOCC1. The second-order valence-electron chi connectivity index (χ2n) is 6.00. The van der Waals surface area contributed by atoms with E-state index < -0.39 is 21.9 Å². The van der Waals surface area contributed by atoms with Crippen LogP contribution in [0.5, 0.6) is 0 Å². The van der Waals surface area contributed by atoms with Crippen LogP contribution in [0.3, 0.4) is 0 Å². The Kier molecular flexibility index (Phi) is 5.17. The van der Waals surface area contributed by atoms with Gasteiger partial charge in [-0.2, -0.15) is 4.31 Å². The van der Waals surface area contributed by atoms with E-state index in [1.807, 2.05) is 0 Å². The molecule has 3 rings (SSSR count). The number of carbonyl (C=O) groups excluding carboxylic acids is 1. The molecule has 8 heteroatoms. The smallest absolute Gasteiger partial charge is 0.246 e. The molecule has 6 nitrogen and oxygen atoms in total. The summed E-state index contributed by atoms with van der Waals surface area (Å²) in [7, 11) is -4.05. The highest BCUT2D eigenvalue weighted by molar-refractivity contribution is 7.89. The van der Waals surface area contributed by atoms with Gasteiger partial charge in [0.25, 0.3) is 0 Å². The van der Waals surface area contributed by atoms with E-state index in [1.54, 1.807) is 4.90 Å². The first-order chi connectivity index (χ1) is 11.5. The van der Waals surface area contributed by atoms with Gasteiger partial charge < -0.3 is 9.64 Å². The lowest BCUT2D eigenvalue weighted by Crippen LogP contribution is -2.55. The molecule has 132 valence electrons. The van der Waals surface area contributed by atoms with Crippen LogP contribution in [-0.4, -0.2) is 62.4 Å². The predicted molar refractivity (Wildman–Crippen MR) is 85.3 cm³/mol. The molecule has 2 fully saturated rings. The van der Waals surface area contributed by atoms with E-state index in [0.717, 1.165) is 12.5 Å². The molecule has 24 heavy (non-hydrogen) atoms. The number of nitrogens with zero attached hydrogens (tertiary/aromatic N) is 2. The zero-order valence-electron chi connectivity index (χ0n) is 13.4. The van der Waals surface area contributed by atoms with Gasteiger partial charge in [0, 0.05) is 19.6 Å². The molecular weight excluding hydrogens is 335 g/mol. The van der Waals surface area contributed by atoms with Gasteiger partial charge in [0.1, 0.15) is 16.8 Å². The van der Waals surface area contributed by atoms with Gasteiger partial charge in [-0.1, -0.05) is 18.6 Å². The summed E-state index contributed by atoms with van der Waals surface area (Å²) in [5.74, 6) is -1.00. The first kappa shape index (κ1) is 17.3. The molecule has 1 unspecified atom stereocenters. The van der Waals surface area contributed by atoms with Gasteiger partial charge >= 0.3 is 0 Å². The third kappa shape index (κ3) is 3.31. The highest BCUT2D eigenvalue weighted by Crippen LogP contribution is 2.28. The van der Waals surface area contributed by atoms with Crippen molar-refractivity contribution in [2.75, 3.05) is 32.8 Å². The molecule has 1 atom stereocenters. The fourth-order valence-electron chi connectivity index (χ4n) is 3.21. The number of hydrogen-bond donors (Lipinski definition) is 0. The van der Waals surface area contributed by atoms with Gasteiger partial charge in [0.05, 0.1) is 13.2 Å². The van der Waals surface area contributed by atoms with Crippen LogP contribution in [0.1, 0.15) is 19.3 Å². The lowest BCUT2D eigenvalue weighted by Gasteiger charge is -2.37. The minimum Gasteiger partial charge on any atom is -0.378 e. The third-order valence-corrected chi connectivity index (χ3v) is 6.43. The van der Waals surface area contributed by atoms with Crippen LogP contribution in [-0.2, 0) is 19.6 Å². The molecule has 1 aromatic rings. The number of ether oxygens (including phenoxy) is 1. The number of halogens is 1. The van der Waals surface area contributed by atoms with Crippen LogP contribution >= 0.6 is 0 Å². The lowest BCUT2D eigenvalue weighted by molar-refractivity contribution is -0.140. The molecule has 1 aromatic carbocycles. The van der Waals surface area contributed by atoms with Crippen LogP contribution < -0.4 is 0 Å². The minimum absolute atomic E-state index is 0.210. The Morgan fingerprint density at radius 3 is 2.54 bits per heavy atom. The lowest BCUT2D eigenvalue weighted by atomic mass is 10.0. The number of benzene rings is 1. The Balaban J connectivity index is 1.89. The second kappa shape index (κ2) is 7.16. The maximum atomic E-state index is 14.0. The summed E-state index contributed by atoms with van der Waals surface area (Å²) >= 11 is 0. The van der Waals surface area contributed by atoms with E-state index in [1.165, 1.54) is 22.5 Å². The molecule has 2 saturated heterocycles. The zero-order chi connectivity index (χ0) is 17.2. The topological polar surface area (TPSA) is 66.9 Å². The van der Waals surface area contributed by atoms with Crippen molar-refractivity contribution in [3.05, 3.63) is 30.1 Å². The van der Waals surface area contributed by atoms with Gasteiger partial charge in [-0.3, -0.25) is 4.79 Å². The molecule has 0 bridgehead atoms. The van der Waals surface area contributed by atoms with Crippen LogP contribution in [0.4, 0.5) is 4.39 Å². The molecule has 0 spiro atoms. The normalized spacial score (nSPS) is 23.2. The quantitative estimate of drug-likeness (QED) is 0.817. The van der Waals surface area contributed by atoms with Crippen molar-refractivity contribution < 1.29 is 22.3 Å². The van der Waals surface area contributed by atoms with Crippen LogP contribution in [0.25, 0.3) is 0 Å². The highest BCUT2D eigenvalue weighted by Gasteiger charge is 2.40. The van der Waals surface area contributed by atoms with E-state index in [2.05, 4.69) is 0 Å². The average Bonchev–Trinajstić information content (AvgIpc) is 2.62. The van der Waals surface area contributed by atoms with Crippen molar-refractivity contribution in [2.24, 2.45) is 0 Å². The summed E-state index contributed by atoms with van der Waals surface area (Å²) in [4.78, 5) is 14.1. The number of carbonyl (C=O) groups is 1. The maximum absolute atomic E-state index is 14.0. The molecule has 1 amide bonds. The fourth-order valence-corrected chi connectivity index (χ4v) is 4.93. The molecule has 0 radical (unpaired) electrons. The third-order valence-electron chi connectivity index (χ3n) is 4.48. The molecule has 0 aliphatic carbocycles. The van der Waals surface area contributed by atoms with E-state index in [0.29, 0.717) is 39.1 Å². The predicted octanol–water partition coefficient (Wildman–Crippen LogP) is 1.23. The van der Waals surface area contributed by atoms with Gasteiger partial charge in [0.15, 0.2) is 0 Å². The number of sulfonamides is 1. The van der Waals surface area contributed by atoms with Crippen molar-refractivity contribution in [3.8, 4) is 0 Å². The summed E-state index contributed by atoms with van der Waals surface area (Å²) in [5.41, 5.74) is 0.